The van der Waals surface area contributed by atoms with Crippen LogP contribution >= 0.6 is 11.6 Å². The summed E-state index contributed by atoms with van der Waals surface area (Å²) in [5, 5.41) is 3.56. The summed E-state index contributed by atoms with van der Waals surface area (Å²) in [4.78, 5) is 12.4. The van der Waals surface area contributed by atoms with E-state index in [-0.39, 0.29) is 12.5 Å². The molecule has 0 radical (unpaired) electrons. The molecule has 1 amide bonds. The number of nitrogens with one attached hydrogen (secondary N) is 1. The Morgan fingerprint density at radius 1 is 0.900 bits per heavy atom. The van der Waals surface area contributed by atoms with E-state index in [9.17, 15) is 13.2 Å². The Hall–Kier alpha value is -2.83. The number of hydrogen-bond donors (Lipinski definition) is 1. The van der Waals surface area contributed by atoms with E-state index in [0.717, 1.165) is 11.1 Å². The number of rotatable bonds is 8. The maximum absolute atomic E-state index is 12.4. The molecule has 0 bridgehead atoms. The van der Waals surface area contributed by atoms with Gasteiger partial charge in [0.1, 0.15) is 0 Å². The van der Waals surface area contributed by atoms with Gasteiger partial charge in [0.15, 0.2) is 0 Å². The first-order valence-corrected chi connectivity index (χ1v) is 11.7. The van der Waals surface area contributed by atoms with Crippen molar-refractivity contribution < 1.29 is 13.2 Å². The van der Waals surface area contributed by atoms with Crippen LogP contribution in [0.1, 0.15) is 21.5 Å². The molecule has 0 heterocycles. The first-order chi connectivity index (χ1) is 14.3. The Morgan fingerprint density at radius 2 is 1.53 bits per heavy atom. The third-order valence-corrected chi connectivity index (χ3v) is 5.99. The number of carbonyl (C=O) groups excluding carboxylic acids is 1. The molecule has 0 aromatic heterocycles. The van der Waals surface area contributed by atoms with Crippen molar-refractivity contribution in [3.8, 4) is 0 Å². The molecule has 5 nitrogen and oxygen atoms in total. The van der Waals surface area contributed by atoms with Crippen LogP contribution in [0.15, 0.2) is 78.9 Å². The van der Waals surface area contributed by atoms with Gasteiger partial charge in [-0.1, -0.05) is 54.1 Å². The van der Waals surface area contributed by atoms with E-state index in [2.05, 4.69) is 5.32 Å². The van der Waals surface area contributed by atoms with E-state index in [4.69, 9.17) is 11.6 Å². The Labute approximate surface area is 182 Å². The first-order valence-electron chi connectivity index (χ1n) is 9.47. The molecule has 3 aromatic rings. The zero-order valence-corrected chi connectivity index (χ0v) is 18.2. The van der Waals surface area contributed by atoms with Gasteiger partial charge in [0.2, 0.25) is 10.0 Å². The minimum Gasteiger partial charge on any atom is -0.352 e. The largest absolute Gasteiger partial charge is 0.352 e. The fourth-order valence-corrected chi connectivity index (χ4v) is 4.02. The number of halogens is 1. The average Bonchev–Trinajstić information content (AvgIpc) is 2.73. The van der Waals surface area contributed by atoms with Crippen LogP contribution in [-0.4, -0.2) is 27.1 Å². The fourth-order valence-electron chi connectivity index (χ4n) is 3.00. The van der Waals surface area contributed by atoms with Crippen molar-refractivity contribution in [3.63, 3.8) is 0 Å². The average molecular weight is 443 g/mol. The van der Waals surface area contributed by atoms with Gasteiger partial charge < -0.3 is 5.32 Å². The molecule has 3 aromatic carbocycles. The summed E-state index contributed by atoms with van der Waals surface area (Å²) in [6, 6.07) is 23.4. The van der Waals surface area contributed by atoms with Crippen molar-refractivity contribution in [2.75, 3.05) is 17.1 Å². The van der Waals surface area contributed by atoms with Gasteiger partial charge in [-0.3, -0.25) is 9.10 Å². The predicted molar refractivity (Wildman–Crippen MR) is 121 cm³/mol. The minimum absolute atomic E-state index is 0.204. The molecule has 1 N–H and O–H groups in total. The maximum Gasteiger partial charge on any atom is 0.251 e. The summed E-state index contributed by atoms with van der Waals surface area (Å²) in [5.74, 6) is -0.204. The summed E-state index contributed by atoms with van der Waals surface area (Å²) < 4.78 is 25.9. The van der Waals surface area contributed by atoms with Crippen LogP contribution < -0.4 is 9.62 Å². The molecule has 0 aliphatic rings. The zero-order valence-electron chi connectivity index (χ0n) is 16.6. The molecule has 30 heavy (non-hydrogen) atoms. The highest BCUT2D eigenvalue weighted by Gasteiger charge is 2.18. The second-order valence-corrected chi connectivity index (χ2v) is 9.28. The van der Waals surface area contributed by atoms with Crippen LogP contribution in [0, 0.1) is 0 Å². The summed E-state index contributed by atoms with van der Waals surface area (Å²) in [7, 11) is -3.47. The van der Waals surface area contributed by atoms with Crippen molar-refractivity contribution in [2.45, 2.75) is 13.0 Å². The van der Waals surface area contributed by atoms with Crippen molar-refractivity contribution in [1.29, 1.82) is 0 Å². The lowest BCUT2D eigenvalue weighted by Gasteiger charge is -2.22. The third kappa shape index (κ3) is 6.08. The Kier molecular flexibility index (Phi) is 7.13. The molecule has 0 spiro atoms. The number of carbonyl (C=O) groups is 1. The lowest BCUT2D eigenvalue weighted by Crippen LogP contribution is -2.29. The summed E-state index contributed by atoms with van der Waals surface area (Å²) in [6.45, 7) is 0.720. The standard InChI is InChI=1S/C23H23ClN2O3S/c1-30(28,29)26(17-19-5-3-2-4-6-19)22-13-9-20(10-14-22)23(27)25-16-15-18-7-11-21(24)12-8-18/h2-14H,15-17H2,1H3,(H,25,27). The van der Waals surface area contributed by atoms with E-state index in [0.29, 0.717) is 29.2 Å². The number of nitrogens with zero attached hydrogens (tertiary/aromatic N) is 1. The van der Waals surface area contributed by atoms with Gasteiger partial charge in [-0.2, -0.15) is 0 Å². The number of benzene rings is 3. The molecular weight excluding hydrogens is 420 g/mol. The van der Waals surface area contributed by atoms with E-state index in [1.165, 1.54) is 10.6 Å². The number of amides is 1. The van der Waals surface area contributed by atoms with Gasteiger partial charge in [0.25, 0.3) is 5.91 Å². The molecule has 0 saturated heterocycles. The second kappa shape index (κ2) is 9.78. The molecule has 0 saturated carbocycles. The van der Waals surface area contributed by atoms with Crippen LogP contribution in [0.3, 0.4) is 0 Å². The Balaban J connectivity index is 1.64. The molecular formula is C23H23ClN2O3S. The SMILES string of the molecule is CS(=O)(=O)N(Cc1ccccc1)c1ccc(C(=O)NCCc2ccc(Cl)cc2)cc1. The second-order valence-electron chi connectivity index (χ2n) is 6.93. The van der Waals surface area contributed by atoms with Crippen LogP contribution in [0.4, 0.5) is 5.69 Å². The van der Waals surface area contributed by atoms with Crippen molar-refractivity contribution >= 4 is 33.2 Å². The van der Waals surface area contributed by atoms with Crippen LogP contribution in [-0.2, 0) is 23.0 Å². The van der Waals surface area contributed by atoms with E-state index >= 15 is 0 Å². The highest BCUT2D eigenvalue weighted by Crippen LogP contribution is 2.21. The normalized spacial score (nSPS) is 11.1. The van der Waals surface area contributed by atoms with Crippen molar-refractivity contribution in [3.05, 3.63) is 101 Å². The van der Waals surface area contributed by atoms with Gasteiger partial charge in [0, 0.05) is 17.1 Å². The quantitative estimate of drug-likeness (QED) is 0.566. The molecule has 0 unspecified atom stereocenters. The van der Waals surface area contributed by atoms with Gasteiger partial charge in [-0.25, -0.2) is 8.42 Å². The van der Waals surface area contributed by atoms with Gasteiger partial charge in [0.05, 0.1) is 18.5 Å². The van der Waals surface area contributed by atoms with Crippen LogP contribution in [0.25, 0.3) is 0 Å². The number of anilines is 1. The molecule has 0 fully saturated rings. The summed E-state index contributed by atoms with van der Waals surface area (Å²) in [5.41, 5.74) is 2.95. The van der Waals surface area contributed by atoms with Crippen LogP contribution in [0.5, 0.6) is 0 Å². The zero-order chi connectivity index (χ0) is 21.6. The Bertz CT molecular complexity index is 1080. The molecule has 0 aliphatic carbocycles. The monoisotopic (exact) mass is 442 g/mol. The van der Waals surface area contributed by atoms with Gasteiger partial charge in [-0.15, -0.1) is 0 Å². The fraction of sp³-hybridized carbons (Fsp3) is 0.174. The molecule has 7 heteroatoms. The smallest absolute Gasteiger partial charge is 0.251 e. The lowest BCUT2D eigenvalue weighted by molar-refractivity contribution is 0.0954. The molecule has 156 valence electrons. The lowest BCUT2D eigenvalue weighted by atomic mass is 10.1. The molecule has 0 aliphatic heterocycles. The van der Waals surface area contributed by atoms with E-state index in [1.807, 2.05) is 54.6 Å². The highest BCUT2D eigenvalue weighted by atomic mass is 35.5. The summed E-state index contributed by atoms with van der Waals surface area (Å²) >= 11 is 5.87. The van der Waals surface area contributed by atoms with Crippen molar-refractivity contribution in [2.24, 2.45) is 0 Å². The van der Waals surface area contributed by atoms with E-state index < -0.39 is 10.0 Å². The Morgan fingerprint density at radius 3 is 2.13 bits per heavy atom. The van der Waals surface area contributed by atoms with Gasteiger partial charge >= 0.3 is 0 Å². The summed E-state index contributed by atoms with van der Waals surface area (Å²) in [6.07, 6.45) is 1.87. The van der Waals surface area contributed by atoms with Gasteiger partial charge in [-0.05, 0) is 53.9 Å². The first kappa shape index (κ1) is 21.9. The minimum atomic E-state index is -3.47. The number of hydrogen-bond acceptors (Lipinski definition) is 3. The number of sulfonamides is 1. The highest BCUT2D eigenvalue weighted by molar-refractivity contribution is 7.92. The molecule has 0 atom stereocenters. The van der Waals surface area contributed by atoms with E-state index in [1.54, 1.807) is 24.3 Å². The maximum atomic E-state index is 12.4. The molecule has 3 rings (SSSR count). The third-order valence-electron chi connectivity index (χ3n) is 4.60. The van der Waals surface area contributed by atoms with Crippen LogP contribution in [0.2, 0.25) is 5.02 Å². The predicted octanol–water partition coefficient (Wildman–Crippen LogP) is 4.28. The van der Waals surface area contributed by atoms with Crippen molar-refractivity contribution in [1.82, 2.24) is 5.32 Å². The topological polar surface area (TPSA) is 66.5 Å².